The number of nitrogens with zero attached hydrogens (tertiary/aromatic N) is 1. The lowest BCUT2D eigenvalue weighted by molar-refractivity contribution is 0.850. The molecule has 0 aliphatic heterocycles. The molecule has 0 saturated carbocycles. The second-order valence-electron chi connectivity index (χ2n) is 3.40. The number of hydrogen-bond donors (Lipinski definition) is 1. The lowest BCUT2D eigenvalue weighted by Crippen LogP contribution is -2.07. The predicted octanol–water partition coefficient (Wildman–Crippen LogP) is 4.62. The van der Waals surface area contributed by atoms with Crippen LogP contribution in [0.25, 0.3) is 0 Å². The van der Waals surface area contributed by atoms with Crippen LogP contribution in [0.4, 0.5) is 5.69 Å². The van der Waals surface area contributed by atoms with E-state index in [-0.39, 0.29) is 6.04 Å². The molecule has 16 heavy (non-hydrogen) atoms. The Hall–Kier alpha value is -0.770. The number of aromatic nitrogens is 1. The van der Waals surface area contributed by atoms with Crippen molar-refractivity contribution in [2.24, 2.45) is 0 Å². The first-order chi connectivity index (χ1) is 7.66. The summed E-state index contributed by atoms with van der Waals surface area (Å²) in [5.41, 5.74) is 3.64. The molecule has 2 nitrogen and oxygen atoms in total. The molecule has 0 spiro atoms. The minimum atomic E-state index is 0.113. The van der Waals surface area contributed by atoms with E-state index in [1.54, 1.807) is 23.5 Å². The molecule has 0 bridgehead atoms. The number of hydrogen-bond acceptors (Lipinski definition) is 3. The van der Waals surface area contributed by atoms with Gasteiger partial charge >= 0.3 is 0 Å². The smallest absolute Gasteiger partial charge is 0.0795 e. The zero-order valence-corrected chi connectivity index (χ0v) is 10.9. The summed E-state index contributed by atoms with van der Waals surface area (Å²) in [7, 11) is 0. The first kappa shape index (κ1) is 11.7. The normalized spacial score (nSPS) is 12.4. The molecule has 0 radical (unpaired) electrons. The summed E-state index contributed by atoms with van der Waals surface area (Å²) in [5, 5.41) is 6.61. The van der Waals surface area contributed by atoms with Crippen molar-refractivity contribution in [3.63, 3.8) is 0 Å². The minimum absolute atomic E-state index is 0.113. The third-order valence-electron chi connectivity index (χ3n) is 2.20. The average molecular weight is 273 g/mol. The highest BCUT2D eigenvalue weighted by atomic mass is 35.5. The Morgan fingerprint density at radius 3 is 2.88 bits per heavy atom. The van der Waals surface area contributed by atoms with Crippen LogP contribution in [-0.4, -0.2) is 4.98 Å². The molecule has 5 heteroatoms. The molecule has 1 aromatic carbocycles. The molecule has 2 aromatic rings. The number of halogens is 2. The second-order valence-corrected chi connectivity index (χ2v) is 4.97. The second kappa shape index (κ2) is 5.04. The van der Waals surface area contributed by atoms with Crippen LogP contribution in [0.5, 0.6) is 0 Å². The fourth-order valence-corrected chi connectivity index (χ4v) is 2.34. The fraction of sp³-hybridized carbons (Fsp3) is 0.182. The van der Waals surface area contributed by atoms with Gasteiger partial charge in [0, 0.05) is 10.4 Å². The van der Waals surface area contributed by atoms with Gasteiger partial charge in [-0.1, -0.05) is 23.2 Å². The van der Waals surface area contributed by atoms with E-state index in [4.69, 9.17) is 23.2 Å². The third-order valence-corrected chi connectivity index (χ3v) is 3.36. The van der Waals surface area contributed by atoms with E-state index < -0.39 is 0 Å². The van der Waals surface area contributed by atoms with Crippen molar-refractivity contribution in [2.75, 3.05) is 5.32 Å². The Labute approximate surface area is 108 Å². The molecular formula is C11H10Cl2N2S. The molecule has 0 fully saturated rings. The van der Waals surface area contributed by atoms with Gasteiger partial charge in [0.05, 0.1) is 28.0 Å². The molecule has 2 rings (SSSR count). The van der Waals surface area contributed by atoms with Gasteiger partial charge in [0.15, 0.2) is 0 Å². The first-order valence-corrected chi connectivity index (χ1v) is 6.46. The molecule has 1 atom stereocenters. The van der Waals surface area contributed by atoms with Crippen LogP contribution in [-0.2, 0) is 0 Å². The van der Waals surface area contributed by atoms with Crippen LogP contribution in [0.15, 0.2) is 29.1 Å². The van der Waals surface area contributed by atoms with E-state index in [1.807, 2.05) is 23.9 Å². The quantitative estimate of drug-likeness (QED) is 0.882. The third kappa shape index (κ3) is 2.67. The van der Waals surface area contributed by atoms with Crippen molar-refractivity contribution < 1.29 is 0 Å². The van der Waals surface area contributed by atoms with Gasteiger partial charge in [-0.2, -0.15) is 0 Å². The van der Waals surface area contributed by atoms with E-state index in [0.29, 0.717) is 10.0 Å². The zero-order valence-electron chi connectivity index (χ0n) is 8.58. The highest BCUT2D eigenvalue weighted by Crippen LogP contribution is 2.28. The molecule has 1 heterocycles. The van der Waals surface area contributed by atoms with Crippen molar-refractivity contribution in [1.29, 1.82) is 0 Å². The monoisotopic (exact) mass is 272 g/mol. The van der Waals surface area contributed by atoms with Crippen molar-refractivity contribution in [2.45, 2.75) is 13.0 Å². The molecule has 0 aliphatic carbocycles. The van der Waals surface area contributed by atoms with E-state index >= 15 is 0 Å². The van der Waals surface area contributed by atoms with Crippen LogP contribution < -0.4 is 5.32 Å². The summed E-state index contributed by atoms with van der Waals surface area (Å²) in [6, 6.07) is 5.47. The van der Waals surface area contributed by atoms with Crippen molar-refractivity contribution >= 4 is 40.2 Å². The number of rotatable bonds is 3. The van der Waals surface area contributed by atoms with Gasteiger partial charge in [0.1, 0.15) is 0 Å². The van der Waals surface area contributed by atoms with Crippen LogP contribution in [0, 0.1) is 0 Å². The van der Waals surface area contributed by atoms with Gasteiger partial charge in [-0.15, -0.1) is 11.3 Å². The SMILES string of the molecule is CC(Nc1cc(Cl)ccc1Cl)c1cscn1. The standard InChI is InChI=1S/C11H10Cl2N2S/c1-7(11-5-16-6-14-11)15-10-4-8(12)2-3-9(10)13/h2-7,15H,1H3. The number of thiazole rings is 1. The van der Waals surface area contributed by atoms with Gasteiger partial charge in [0.2, 0.25) is 0 Å². The molecule has 1 aromatic heterocycles. The Morgan fingerprint density at radius 2 is 2.19 bits per heavy atom. The molecule has 0 saturated heterocycles. The fourth-order valence-electron chi connectivity index (χ4n) is 1.35. The van der Waals surface area contributed by atoms with E-state index in [2.05, 4.69) is 10.3 Å². The number of anilines is 1. The van der Waals surface area contributed by atoms with E-state index in [1.165, 1.54) is 0 Å². The van der Waals surface area contributed by atoms with Gasteiger partial charge in [-0.25, -0.2) is 4.98 Å². The lowest BCUT2D eigenvalue weighted by Gasteiger charge is -2.14. The number of benzene rings is 1. The maximum Gasteiger partial charge on any atom is 0.0795 e. The summed E-state index contributed by atoms with van der Waals surface area (Å²) in [6.07, 6.45) is 0. The first-order valence-electron chi connectivity index (χ1n) is 4.76. The van der Waals surface area contributed by atoms with Crippen LogP contribution >= 0.6 is 34.5 Å². The van der Waals surface area contributed by atoms with Crippen molar-refractivity contribution in [3.8, 4) is 0 Å². The predicted molar refractivity (Wildman–Crippen MR) is 70.6 cm³/mol. The maximum atomic E-state index is 6.06. The molecule has 84 valence electrons. The van der Waals surface area contributed by atoms with Gasteiger partial charge in [0.25, 0.3) is 0 Å². The van der Waals surface area contributed by atoms with E-state index in [0.717, 1.165) is 11.4 Å². The van der Waals surface area contributed by atoms with Crippen LogP contribution in [0.3, 0.4) is 0 Å². The Morgan fingerprint density at radius 1 is 1.38 bits per heavy atom. The minimum Gasteiger partial charge on any atom is -0.376 e. The summed E-state index contributed by atoms with van der Waals surface area (Å²) >= 11 is 13.6. The zero-order chi connectivity index (χ0) is 11.5. The maximum absolute atomic E-state index is 6.06. The summed E-state index contributed by atoms with van der Waals surface area (Å²) in [6.45, 7) is 2.03. The highest BCUT2D eigenvalue weighted by molar-refractivity contribution is 7.07. The summed E-state index contributed by atoms with van der Waals surface area (Å²) < 4.78 is 0. The van der Waals surface area contributed by atoms with Crippen LogP contribution in [0.1, 0.15) is 18.7 Å². The Kier molecular flexibility index (Phi) is 3.69. The molecule has 0 aliphatic rings. The average Bonchev–Trinajstić information content (AvgIpc) is 2.76. The molecule has 0 amide bonds. The molecular weight excluding hydrogens is 263 g/mol. The van der Waals surface area contributed by atoms with Crippen molar-refractivity contribution in [3.05, 3.63) is 44.8 Å². The molecule has 1 unspecified atom stereocenters. The number of nitrogens with one attached hydrogen (secondary N) is 1. The molecule has 1 N–H and O–H groups in total. The largest absolute Gasteiger partial charge is 0.376 e. The van der Waals surface area contributed by atoms with Gasteiger partial charge < -0.3 is 5.32 Å². The van der Waals surface area contributed by atoms with E-state index in [9.17, 15) is 0 Å². The summed E-state index contributed by atoms with van der Waals surface area (Å²) in [5.74, 6) is 0. The topological polar surface area (TPSA) is 24.9 Å². The Balaban J connectivity index is 2.17. The highest BCUT2D eigenvalue weighted by Gasteiger charge is 2.09. The Bertz CT molecular complexity index is 471. The summed E-state index contributed by atoms with van der Waals surface area (Å²) in [4.78, 5) is 4.24. The van der Waals surface area contributed by atoms with Gasteiger partial charge in [-0.3, -0.25) is 0 Å². The van der Waals surface area contributed by atoms with Gasteiger partial charge in [-0.05, 0) is 25.1 Å². The van der Waals surface area contributed by atoms with Crippen LogP contribution in [0.2, 0.25) is 10.0 Å². The lowest BCUT2D eigenvalue weighted by atomic mass is 10.2. The van der Waals surface area contributed by atoms with Crippen molar-refractivity contribution in [1.82, 2.24) is 4.98 Å².